The van der Waals surface area contributed by atoms with E-state index in [0.29, 0.717) is 52.9 Å². The van der Waals surface area contributed by atoms with Gasteiger partial charge in [-0.25, -0.2) is 9.59 Å². The smallest absolute Gasteiger partial charge is 0.339 e. The van der Waals surface area contributed by atoms with Crippen LogP contribution < -0.4 is 9.47 Å². The average Bonchev–Trinajstić information content (AvgIpc) is 2.88. The Morgan fingerprint density at radius 2 is 0.895 bits per heavy atom. The quantitative estimate of drug-likeness (QED) is 0.594. The minimum Gasteiger partial charge on any atom is -0.490 e. The van der Waals surface area contributed by atoms with Crippen LogP contribution in [0.1, 0.15) is 56.5 Å². The van der Waals surface area contributed by atoms with Crippen molar-refractivity contribution in [1.29, 1.82) is 0 Å². The summed E-state index contributed by atoms with van der Waals surface area (Å²) >= 11 is 0. The van der Waals surface area contributed by atoms with Crippen LogP contribution in [0.25, 0.3) is 0 Å². The second-order valence-corrected chi connectivity index (χ2v) is 9.06. The lowest BCUT2D eigenvalue weighted by atomic mass is 9.66. The Morgan fingerprint density at radius 3 is 1.21 bits per heavy atom. The maximum atomic E-state index is 12.0. The van der Waals surface area contributed by atoms with Gasteiger partial charge in [0.2, 0.25) is 0 Å². The van der Waals surface area contributed by atoms with Crippen molar-refractivity contribution in [2.24, 2.45) is 0 Å². The molecule has 4 bridgehead atoms. The molecule has 0 saturated heterocycles. The van der Waals surface area contributed by atoms with E-state index in [1.165, 1.54) is 0 Å². The Hall–Kier alpha value is -3.18. The van der Waals surface area contributed by atoms with Gasteiger partial charge >= 0.3 is 11.9 Å². The van der Waals surface area contributed by atoms with Gasteiger partial charge in [-0.05, 0) is 60.1 Å². The number of hydrogen-bond donors (Lipinski definition) is 2. The van der Waals surface area contributed by atoms with Crippen molar-refractivity contribution in [3.05, 3.63) is 58.7 Å². The van der Waals surface area contributed by atoms with Gasteiger partial charge in [0.25, 0.3) is 0 Å². The third kappa shape index (κ3) is 7.44. The molecule has 10 heteroatoms. The first-order valence-electron chi connectivity index (χ1n) is 12.9. The van der Waals surface area contributed by atoms with E-state index in [-0.39, 0.29) is 47.7 Å². The van der Waals surface area contributed by atoms with Crippen LogP contribution >= 0.6 is 0 Å². The van der Waals surface area contributed by atoms with E-state index in [1.54, 1.807) is 24.3 Å². The summed E-state index contributed by atoms with van der Waals surface area (Å²) in [6, 6.07) is 10.5. The van der Waals surface area contributed by atoms with E-state index in [0.717, 1.165) is 24.0 Å². The number of carbonyl (C=O) groups is 2. The normalized spacial score (nSPS) is 21.9. The number of hydrogen-bond acceptors (Lipinski definition) is 8. The zero-order valence-electron chi connectivity index (χ0n) is 21.3. The van der Waals surface area contributed by atoms with Crippen LogP contribution in [0.3, 0.4) is 0 Å². The highest BCUT2D eigenvalue weighted by Crippen LogP contribution is 2.50. The highest BCUT2D eigenvalue weighted by Gasteiger charge is 2.35. The summed E-state index contributed by atoms with van der Waals surface area (Å²) < 4.78 is 33.3. The molecule has 2 aromatic rings. The third-order valence-electron chi connectivity index (χ3n) is 6.69. The number of rotatable bonds is 2. The molecule has 1 saturated carbocycles. The molecule has 2 N–H and O–H groups in total. The van der Waals surface area contributed by atoms with Gasteiger partial charge in [-0.1, -0.05) is 12.1 Å². The molecule has 2 atom stereocenters. The van der Waals surface area contributed by atoms with Crippen LogP contribution in [0.2, 0.25) is 0 Å². The minimum atomic E-state index is -1.07. The van der Waals surface area contributed by atoms with Crippen molar-refractivity contribution in [3.63, 3.8) is 0 Å². The molecule has 38 heavy (non-hydrogen) atoms. The summed E-state index contributed by atoms with van der Waals surface area (Å²) in [4.78, 5) is 23.9. The molecule has 0 radical (unpaired) electrons. The summed E-state index contributed by atoms with van der Waals surface area (Å²) in [6.45, 7) is 3.47. The topological polar surface area (TPSA) is 130 Å². The Labute approximate surface area is 221 Å². The van der Waals surface area contributed by atoms with Gasteiger partial charge in [0, 0.05) is 0 Å². The lowest BCUT2D eigenvalue weighted by Gasteiger charge is -2.38. The predicted molar refractivity (Wildman–Crippen MR) is 136 cm³/mol. The van der Waals surface area contributed by atoms with Crippen LogP contribution in [0, 0.1) is 0 Å². The molecule has 0 spiro atoms. The lowest BCUT2D eigenvalue weighted by Crippen LogP contribution is -2.23. The Bertz CT molecular complexity index is 1000. The largest absolute Gasteiger partial charge is 0.490 e. The van der Waals surface area contributed by atoms with E-state index in [4.69, 9.17) is 28.4 Å². The maximum Gasteiger partial charge on any atom is 0.339 e. The molecular formula is C28H34O10. The lowest BCUT2D eigenvalue weighted by molar-refractivity contribution is -0.00705. The van der Waals surface area contributed by atoms with E-state index in [9.17, 15) is 19.8 Å². The number of aromatic carboxylic acids is 2. The second kappa shape index (κ2) is 14.1. The average molecular weight is 531 g/mol. The zero-order chi connectivity index (χ0) is 26.7. The van der Waals surface area contributed by atoms with Crippen LogP contribution in [-0.2, 0) is 18.9 Å². The minimum absolute atomic E-state index is 0.0769. The van der Waals surface area contributed by atoms with Gasteiger partial charge in [0.15, 0.2) is 0 Å². The molecular weight excluding hydrogens is 496 g/mol. The van der Waals surface area contributed by atoms with Crippen LogP contribution in [0.4, 0.5) is 0 Å². The molecule has 0 aromatic heterocycles. The van der Waals surface area contributed by atoms with E-state index in [2.05, 4.69) is 0 Å². The van der Waals surface area contributed by atoms with Gasteiger partial charge in [0.1, 0.15) is 35.8 Å². The Morgan fingerprint density at radius 1 is 0.553 bits per heavy atom. The van der Waals surface area contributed by atoms with Gasteiger partial charge in [-0.15, -0.1) is 0 Å². The number of carboxylic acid groups (broad SMARTS) is 2. The fourth-order valence-corrected chi connectivity index (χ4v) is 4.62. The molecule has 6 rings (SSSR count). The van der Waals surface area contributed by atoms with Crippen molar-refractivity contribution >= 4 is 11.9 Å². The Kier molecular flexibility index (Phi) is 10.3. The summed E-state index contributed by atoms with van der Waals surface area (Å²) in [5.41, 5.74) is 1.96. The maximum absolute atomic E-state index is 12.0. The molecule has 2 aromatic carbocycles. The Balaban J connectivity index is 1.51. The molecule has 0 unspecified atom stereocenters. The van der Waals surface area contributed by atoms with Crippen LogP contribution in [0.15, 0.2) is 36.4 Å². The predicted octanol–water partition coefficient (Wildman–Crippen LogP) is 3.58. The van der Waals surface area contributed by atoms with E-state index >= 15 is 0 Å². The molecule has 0 amide bonds. The van der Waals surface area contributed by atoms with Crippen molar-refractivity contribution < 1.29 is 48.2 Å². The summed E-state index contributed by atoms with van der Waals surface area (Å²) in [7, 11) is 0. The highest BCUT2D eigenvalue weighted by molar-refractivity contribution is 5.92. The standard InChI is InChI=1S/C28H34O10/c29-27(30)23-17-19-1-5-25(23)37-15-13-35-11-9-33-7-8-34-10-12-36-14-16-38-26-6-2-20(18-24(26)28(31)32)22-4-3-21(19)22/h1-2,5-6,17-18,21-22H,3-4,7-16H2,(H,29,30)(H,31,32)/t21-,22+. The van der Waals surface area contributed by atoms with E-state index in [1.807, 2.05) is 12.1 Å². The second-order valence-electron chi connectivity index (χ2n) is 9.06. The van der Waals surface area contributed by atoms with Gasteiger partial charge in [-0.3, -0.25) is 0 Å². The van der Waals surface area contributed by atoms with Gasteiger partial charge in [0.05, 0.1) is 52.9 Å². The van der Waals surface area contributed by atoms with Crippen molar-refractivity contribution in [2.75, 3.05) is 66.1 Å². The summed E-state index contributed by atoms with van der Waals surface area (Å²) in [5.74, 6) is -1.41. The van der Waals surface area contributed by atoms with E-state index < -0.39 is 11.9 Å². The first-order chi connectivity index (χ1) is 18.5. The number of fused-ring (bicyclic) bond motifs is 2. The molecule has 206 valence electrons. The number of benzene rings is 2. The summed E-state index contributed by atoms with van der Waals surface area (Å²) in [5, 5.41) is 19.6. The fraction of sp³-hybridized carbons (Fsp3) is 0.500. The molecule has 3 aliphatic heterocycles. The van der Waals surface area contributed by atoms with Crippen LogP contribution in [0.5, 0.6) is 11.5 Å². The van der Waals surface area contributed by atoms with Gasteiger partial charge < -0.3 is 38.6 Å². The molecule has 3 heterocycles. The van der Waals surface area contributed by atoms with Crippen molar-refractivity contribution in [3.8, 4) is 11.5 Å². The highest BCUT2D eigenvalue weighted by atomic mass is 16.6. The first kappa shape index (κ1) is 27.8. The third-order valence-corrected chi connectivity index (χ3v) is 6.69. The monoisotopic (exact) mass is 530 g/mol. The fourth-order valence-electron chi connectivity index (χ4n) is 4.62. The molecule has 1 aliphatic carbocycles. The van der Waals surface area contributed by atoms with Crippen molar-refractivity contribution in [2.45, 2.75) is 24.7 Å². The van der Waals surface area contributed by atoms with Crippen LogP contribution in [-0.4, -0.2) is 88.2 Å². The SMILES string of the molecule is O=C(O)c1cc2ccc1OCCOCCOCCOCCOCCOc1ccc(cc1C(=O)O)[C@@H]1CC[C@H]21. The van der Waals surface area contributed by atoms with Crippen molar-refractivity contribution in [1.82, 2.24) is 0 Å². The number of ether oxygens (including phenoxy) is 6. The first-order valence-corrected chi connectivity index (χ1v) is 12.9. The van der Waals surface area contributed by atoms with Gasteiger partial charge in [-0.2, -0.15) is 0 Å². The summed E-state index contributed by atoms with van der Waals surface area (Å²) in [6.07, 6.45) is 1.75. The molecule has 4 aliphatic rings. The molecule has 10 nitrogen and oxygen atoms in total. The molecule has 1 fully saturated rings. The zero-order valence-corrected chi connectivity index (χ0v) is 21.3. The number of carboxylic acids is 2.